The van der Waals surface area contributed by atoms with Gasteiger partial charge >= 0.3 is 0 Å². The fraction of sp³-hybridized carbons (Fsp3) is 0.278. The average molecular weight is 374 g/mol. The Bertz CT molecular complexity index is 753. The monoisotopic (exact) mass is 373 g/mol. The molecule has 0 atom stereocenters. The van der Waals surface area contributed by atoms with Crippen LogP contribution in [0, 0.1) is 0 Å². The number of hydrogen-bond donors (Lipinski definition) is 1. The molecule has 1 heterocycles. The van der Waals surface area contributed by atoms with E-state index in [2.05, 4.69) is 21.2 Å². The molecule has 23 heavy (non-hydrogen) atoms. The van der Waals surface area contributed by atoms with Crippen LogP contribution in [0.5, 0.6) is 11.5 Å². The topological polar surface area (TPSA) is 47.6 Å². The normalized spacial score (nSPS) is 16.9. The van der Waals surface area contributed by atoms with Crippen molar-refractivity contribution in [2.75, 3.05) is 6.79 Å². The summed E-state index contributed by atoms with van der Waals surface area (Å²) in [5, 5.41) is 3.06. The van der Waals surface area contributed by atoms with E-state index in [4.69, 9.17) is 9.47 Å². The molecule has 1 fully saturated rings. The number of rotatable bonds is 4. The molecule has 0 unspecified atom stereocenters. The van der Waals surface area contributed by atoms with Gasteiger partial charge in [0, 0.05) is 11.0 Å². The lowest BCUT2D eigenvalue weighted by Gasteiger charge is -2.16. The largest absolute Gasteiger partial charge is 0.454 e. The lowest BCUT2D eigenvalue weighted by atomic mass is 9.95. The van der Waals surface area contributed by atoms with Crippen LogP contribution in [-0.4, -0.2) is 12.7 Å². The smallest absolute Gasteiger partial charge is 0.231 e. The lowest BCUT2D eigenvalue weighted by Crippen LogP contribution is -2.34. The molecule has 1 aliphatic heterocycles. The highest BCUT2D eigenvalue weighted by Crippen LogP contribution is 2.48. The van der Waals surface area contributed by atoms with Gasteiger partial charge in [0.05, 0.1) is 5.41 Å². The molecule has 1 N–H and O–H groups in total. The van der Waals surface area contributed by atoms with E-state index in [0.29, 0.717) is 6.54 Å². The Balaban J connectivity index is 1.45. The number of carbonyl (C=O) groups is 1. The summed E-state index contributed by atoms with van der Waals surface area (Å²) in [6.07, 6.45) is 1.81. The fourth-order valence-electron chi connectivity index (χ4n) is 2.94. The molecule has 5 heteroatoms. The van der Waals surface area contributed by atoms with Crippen molar-refractivity contribution in [3.8, 4) is 11.5 Å². The van der Waals surface area contributed by atoms with Gasteiger partial charge in [0.2, 0.25) is 12.7 Å². The third-order valence-electron chi connectivity index (χ3n) is 4.47. The van der Waals surface area contributed by atoms with E-state index in [0.717, 1.165) is 39.9 Å². The summed E-state index contributed by atoms with van der Waals surface area (Å²) in [5.41, 5.74) is 1.75. The van der Waals surface area contributed by atoms with Gasteiger partial charge in [-0.25, -0.2) is 0 Å². The minimum atomic E-state index is -0.350. The van der Waals surface area contributed by atoms with Crippen molar-refractivity contribution in [1.82, 2.24) is 5.32 Å². The predicted molar refractivity (Wildman–Crippen MR) is 89.5 cm³/mol. The summed E-state index contributed by atoms with van der Waals surface area (Å²) in [5.74, 6) is 1.59. The zero-order valence-corrected chi connectivity index (χ0v) is 14.1. The molecule has 0 radical (unpaired) electrons. The maximum Gasteiger partial charge on any atom is 0.231 e. The molecule has 0 spiro atoms. The molecular weight excluding hydrogens is 358 g/mol. The van der Waals surface area contributed by atoms with Crippen molar-refractivity contribution in [3.63, 3.8) is 0 Å². The van der Waals surface area contributed by atoms with Gasteiger partial charge in [-0.1, -0.05) is 34.1 Å². The van der Waals surface area contributed by atoms with Crippen LogP contribution in [0.3, 0.4) is 0 Å². The first kappa shape index (κ1) is 14.6. The molecule has 4 rings (SSSR count). The van der Waals surface area contributed by atoms with Gasteiger partial charge in [-0.2, -0.15) is 0 Å². The highest BCUT2D eigenvalue weighted by molar-refractivity contribution is 9.10. The van der Waals surface area contributed by atoms with E-state index in [9.17, 15) is 4.79 Å². The SMILES string of the molecule is O=C(NCc1ccc2c(c1)OCO2)C1(c2ccc(Br)cc2)CC1. The van der Waals surface area contributed by atoms with Gasteiger partial charge in [-0.05, 0) is 48.2 Å². The van der Waals surface area contributed by atoms with E-state index in [1.807, 2.05) is 42.5 Å². The van der Waals surface area contributed by atoms with E-state index in [1.54, 1.807) is 0 Å². The Hall–Kier alpha value is -2.01. The number of ether oxygens (including phenoxy) is 2. The third-order valence-corrected chi connectivity index (χ3v) is 5.00. The number of nitrogens with one attached hydrogen (secondary N) is 1. The number of fused-ring (bicyclic) bond motifs is 1. The Labute approximate surface area is 142 Å². The van der Waals surface area contributed by atoms with Gasteiger partial charge in [0.25, 0.3) is 0 Å². The van der Waals surface area contributed by atoms with Crippen LogP contribution in [0.15, 0.2) is 46.9 Å². The Morgan fingerprint density at radius 2 is 1.83 bits per heavy atom. The van der Waals surface area contributed by atoms with E-state index >= 15 is 0 Å². The van der Waals surface area contributed by atoms with E-state index in [1.165, 1.54) is 0 Å². The minimum absolute atomic E-state index is 0.0949. The predicted octanol–water partition coefficient (Wildman–Crippen LogP) is 3.53. The van der Waals surface area contributed by atoms with Crippen LogP contribution < -0.4 is 14.8 Å². The molecule has 0 aromatic heterocycles. The minimum Gasteiger partial charge on any atom is -0.454 e. The van der Waals surface area contributed by atoms with Gasteiger partial charge in [-0.15, -0.1) is 0 Å². The number of halogens is 1. The second kappa shape index (κ2) is 5.57. The second-order valence-electron chi connectivity index (χ2n) is 5.96. The van der Waals surface area contributed by atoms with Crippen molar-refractivity contribution >= 4 is 21.8 Å². The first-order chi connectivity index (χ1) is 11.2. The number of benzene rings is 2. The van der Waals surface area contributed by atoms with Crippen molar-refractivity contribution in [2.24, 2.45) is 0 Å². The summed E-state index contributed by atoms with van der Waals surface area (Å²) in [7, 11) is 0. The molecular formula is C18H16BrNO3. The van der Waals surface area contributed by atoms with Crippen LogP contribution in [0.4, 0.5) is 0 Å². The molecule has 1 saturated carbocycles. The number of hydrogen-bond acceptors (Lipinski definition) is 3. The van der Waals surface area contributed by atoms with Gasteiger partial charge in [0.1, 0.15) is 0 Å². The first-order valence-electron chi connectivity index (χ1n) is 7.60. The summed E-state index contributed by atoms with van der Waals surface area (Å²) in [6, 6.07) is 13.8. The molecule has 1 amide bonds. The molecule has 2 aromatic carbocycles. The quantitative estimate of drug-likeness (QED) is 0.891. The fourth-order valence-corrected chi connectivity index (χ4v) is 3.21. The van der Waals surface area contributed by atoms with Crippen molar-refractivity contribution in [1.29, 1.82) is 0 Å². The first-order valence-corrected chi connectivity index (χ1v) is 8.40. The van der Waals surface area contributed by atoms with Crippen LogP contribution in [0.1, 0.15) is 24.0 Å². The maximum absolute atomic E-state index is 12.6. The second-order valence-corrected chi connectivity index (χ2v) is 6.87. The Morgan fingerprint density at radius 3 is 2.57 bits per heavy atom. The van der Waals surface area contributed by atoms with Gasteiger partial charge in [-0.3, -0.25) is 4.79 Å². The molecule has 2 aliphatic rings. The number of amides is 1. The summed E-state index contributed by atoms with van der Waals surface area (Å²) < 4.78 is 11.7. The standard InChI is InChI=1S/C18H16BrNO3/c19-14-4-2-13(3-5-14)18(7-8-18)17(21)20-10-12-1-6-15-16(9-12)23-11-22-15/h1-6,9H,7-8,10-11H2,(H,20,21). The average Bonchev–Trinajstić information content (AvgIpc) is 3.24. The highest BCUT2D eigenvalue weighted by Gasteiger charge is 2.51. The summed E-state index contributed by atoms with van der Waals surface area (Å²) >= 11 is 3.43. The molecule has 1 aliphatic carbocycles. The molecule has 2 aromatic rings. The molecule has 4 nitrogen and oxygen atoms in total. The van der Waals surface area contributed by atoms with Crippen LogP contribution in [0.25, 0.3) is 0 Å². The van der Waals surface area contributed by atoms with Crippen molar-refractivity contribution in [2.45, 2.75) is 24.8 Å². The zero-order chi connectivity index (χ0) is 15.9. The van der Waals surface area contributed by atoms with Crippen LogP contribution >= 0.6 is 15.9 Å². The summed E-state index contributed by atoms with van der Waals surface area (Å²) in [6.45, 7) is 0.756. The maximum atomic E-state index is 12.6. The van der Waals surface area contributed by atoms with Crippen molar-refractivity contribution in [3.05, 3.63) is 58.1 Å². The third kappa shape index (κ3) is 2.70. The molecule has 0 saturated heterocycles. The van der Waals surface area contributed by atoms with Crippen LogP contribution in [-0.2, 0) is 16.8 Å². The van der Waals surface area contributed by atoms with E-state index in [-0.39, 0.29) is 18.1 Å². The van der Waals surface area contributed by atoms with Gasteiger partial charge in [0.15, 0.2) is 11.5 Å². The lowest BCUT2D eigenvalue weighted by molar-refractivity contribution is -0.123. The number of carbonyl (C=O) groups excluding carboxylic acids is 1. The summed E-state index contributed by atoms with van der Waals surface area (Å²) in [4.78, 5) is 12.6. The highest BCUT2D eigenvalue weighted by atomic mass is 79.9. The van der Waals surface area contributed by atoms with Crippen molar-refractivity contribution < 1.29 is 14.3 Å². The Morgan fingerprint density at radius 1 is 1.09 bits per heavy atom. The Kier molecular flexibility index (Phi) is 3.53. The van der Waals surface area contributed by atoms with Gasteiger partial charge < -0.3 is 14.8 Å². The molecule has 118 valence electrons. The van der Waals surface area contributed by atoms with E-state index < -0.39 is 0 Å². The molecule has 0 bridgehead atoms. The van der Waals surface area contributed by atoms with Crippen LogP contribution in [0.2, 0.25) is 0 Å². The zero-order valence-electron chi connectivity index (χ0n) is 12.5.